The van der Waals surface area contributed by atoms with E-state index in [1.165, 1.54) is 22.3 Å². The van der Waals surface area contributed by atoms with Gasteiger partial charge in [0.2, 0.25) is 0 Å². The van der Waals surface area contributed by atoms with Gasteiger partial charge in [-0.3, -0.25) is 4.79 Å². The summed E-state index contributed by atoms with van der Waals surface area (Å²) in [5, 5.41) is 0.867. The van der Waals surface area contributed by atoms with Crippen molar-refractivity contribution in [2.45, 2.75) is 26.1 Å². The Hall–Kier alpha value is -1.35. The minimum Gasteiger partial charge on any atom is -0.318 e. The van der Waals surface area contributed by atoms with Gasteiger partial charge >= 0.3 is 0 Å². The van der Waals surface area contributed by atoms with Gasteiger partial charge in [0.1, 0.15) is 0 Å². The van der Waals surface area contributed by atoms with Crippen LogP contribution in [-0.2, 0) is 12.4 Å². The highest BCUT2D eigenvalue weighted by atomic mass is 79.9. The number of hydrogen-bond acceptors (Lipinski definition) is 1. The Labute approximate surface area is 122 Å². The summed E-state index contributed by atoms with van der Waals surface area (Å²) in [6.45, 7) is 6.09. The van der Waals surface area contributed by atoms with Crippen molar-refractivity contribution >= 4 is 15.9 Å². The van der Waals surface area contributed by atoms with Crippen LogP contribution in [0.5, 0.6) is 0 Å². The molecule has 0 radical (unpaired) electrons. The van der Waals surface area contributed by atoms with E-state index in [4.69, 9.17) is 0 Å². The molecule has 0 aliphatic heterocycles. The largest absolute Gasteiger partial charge is 0.318 e. The number of hydrogen-bond donors (Lipinski definition) is 0. The summed E-state index contributed by atoms with van der Waals surface area (Å²) >= 11 is 3.51. The lowest BCUT2D eigenvalue weighted by atomic mass is 9.96. The molecule has 2 nitrogen and oxygen atoms in total. The Bertz CT molecular complexity index is 660. The predicted octanol–water partition coefficient (Wildman–Crippen LogP) is 3.87. The van der Waals surface area contributed by atoms with Crippen molar-refractivity contribution in [1.29, 1.82) is 0 Å². The van der Waals surface area contributed by atoms with E-state index in [9.17, 15) is 4.79 Å². The lowest BCUT2D eigenvalue weighted by Gasteiger charge is -2.12. The van der Waals surface area contributed by atoms with Crippen LogP contribution < -0.4 is 5.56 Å². The Morgan fingerprint density at radius 3 is 2.32 bits per heavy atom. The third kappa shape index (κ3) is 2.66. The molecule has 1 heterocycles. The number of alkyl halides is 1. The predicted molar refractivity (Wildman–Crippen MR) is 84.0 cm³/mol. The van der Waals surface area contributed by atoms with Crippen molar-refractivity contribution in [3.05, 3.63) is 57.0 Å². The Balaban J connectivity index is 2.66. The van der Waals surface area contributed by atoms with Crippen LogP contribution in [0.15, 0.2) is 29.2 Å². The van der Waals surface area contributed by atoms with Crippen LogP contribution >= 0.6 is 15.9 Å². The lowest BCUT2D eigenvalue weighted by Crippen LogP contribution is -2.18. The molecule has 0 saturated carbocycles. The maximum absolute atomic E-state index is 11.8. The number of aromatic nitrogens is 1. The number of rotatable bonds is 2. The van der Waals surface area contributed by atoms with Crippen molar-refractivity contribution in [2.75, 3.05) is 0 Å². The van der Waals surface area contributed by atoms with Crippen LogP contribution in [0.2, 0.25) is 0 Å². The Morgan fingerprint density at radius 2 is 1.74 bits per heavy atom. The molecule has 100 valence electrons. The molecule has 0 fully saturated rings. The highest BCUT2D eigenvalue weighted by Gasteiger charge is 2.08. The smallest absolute Gasteiger partial charge is 0.253 e. The second kappa shape index (κ2) is 5.33. The molecule has 0 N–H and O–H groups in total. The van der Waals surface area contributed by atoms with Gasteiger partial charge in [-0.2, -0.15) is 0 Å². The number of pyridine rings is 1. The molecular weight excluding hydrogens is 302 g/mol. The van der Waals surface area contributed by atoms with E-state index in [0.717, 1.165) is 16.5 Å². The molecule has 0 aliphatic rings. The first-order valence-corrected chi connectivity index (χ1v) is 7.40. The molecule has 0 unspecified atom stereocenters. The van der Waals surface area contributed by atoms with Gasteiger partial charge in [-0.15, -0.1) is 0 Å². The van der Waals surface area contributed by atoms with Gasteiger partial charge in [0.05, 0.1) is 0 Å². The summed E-state index contributed by atoms with van der Waals surface area (Å²) in [7, 11) is 1.80. The summed E-state index contributed by atoms with van der Waals surface area (Å²) in [6, 6.07) is 6.38. The van der Waals surface area contributed by atoms with Crippen LogP contribution in [0.4, 0.5) is 0 Å². The summed E-state index contributed by atoms with van der Waals surface area (Å²) in [4.78, 5) is 11.8. The standard InChI is InChI=1S/C16H18BrNO/c1-10-7-15(11(2)5-13(10)8-17)14-6-12(3)16(19)18(4)9-14/h5-7,9H,8H2,1-4H3. The van der Waals surface area contributed by atoms with Crippen LogP contribution in [0.1, 0.15) is 22.3 Å². The molecule has 0 aliphatic carbocycles. The molecule has 2 rings (SSSR count). The number of benzene rings is 1. The highest BCUT2D eigenvalue weighted by Crippen LogP contribution is 2.27. The van der Waals surface area contributed by atoms with Gasteiger partial charge in [-0.1, -0.05) is 28.1 Å². The summed E-state index contributed by atoms with van der Waals surface area (Å²) < 4.78 is 1.65. The normalized spacial score (nSPS) is 10.8. The maximum Gasteiger partial charge on any atom is 0.253 e. The second-order valence-corrected chi connectivity index (χ2v) is 5.62. The van der Waals surface area contributed by atoms with Crippen LogP contribution in [-0.4, -0.2) is 4.57 Å². The first kappa shape index (κ1) is 14.1. The molecule has 1 aromatic heterocycles. The summed E-state index contributed by atoms with van der Waals surface area (Å²) in [5.74, 6) is 0. The second-order valence-electron chi connectivity index (χ2n) is 5.06. The molecule has 3 heteroatoms. The molecule has 0 saturated heterocycles. The van der Waals surface area contributed by atoms with E-state index in [-0.39, 0.29) is 5.56 Å². The molecular formula is C16H18BrNO. The van der Waals surface area contributed by atoms with Gasteiger partial charge in [-0.05, 0) is 54.7 Å². The molecule has 1 aromatic carbocycles. The van der Waals surface area contributed by atoms with Gasteiger partial charge in [-0.25, -0.2) is 0 Å². The Kier molecular flexibility index (Phi) is 3.95. The quantitative estimate of drug-likeness (QED) is 0.770. The van der Waals surface area contributed by atoms with E-state index in [1.807, 2.05) is 19.2 Å². The van der Waals surface area contributed by atoms with Crippen LogP contribution in [0, 0.1) is 20.8 Å². The van der Waals surface area contributed by atoms with Crippen LogP contribution in [0.25, 0.3) is 11.1 Å². The molecule has 19 heavy (non-hydrogen) atoms. The van der Waals surface area contributed by atoms with Crippen molar-refractivity contribution in [2.24, 2.45) is 7.05 Å². The molecule has 0 atom stereocenters. The van der Waals surface area contributed by atoms with Crippen molar-refractivity contribution in [3.8, 4) is 11.1 Å². The third-order valence-electron chi connectivity index (χ3n) is 3.50. The number of halogens is 1. The van der Waals surface area contributed by atoms with Gasteiger partial charge < -0.3 is 4.57 Å². The van der Waals surface area contributed by atoms with Crippen molar-refractivity contribution in [1.82, 2.24) is 4.57 Å². The molecule has 0 spiro atoms. The minimum atomic E-state index is 0.0650. The lowest BCUT2D eigenvalue weighted by molar-refractivity contribution is 0.850. The fraction of sp³-hybridized carbons (Fsp3) is 0.312. The zero-order valence-corrected chi connectivity index (χ0v) is 13.3. The first-order chi connectivity index (χ1) is 8.93. The average molecular weight is 320 g/mol. The third-order valence-corrected chi connectivity index (χ3v) is 4.10. The van der Waals surface area contributed by atoms with E-state index in [0.29, 0.717) is 0 Å². The summed E-state index contributed by atoms with van der Waals surface area (Å²) in [6.07, 6.45) is 1.91. The van der Waals surface area contributed by atoms with Crippen LogP contribution in [0.3, 0.4) is 0 Å². The highest BCUT2D eigenvalue weighted by molar-refractivity contribution is 9.08. The summed E-state index contributed by atoms with van der Waals surface area (Å²) in [5.41, 5.74) is 6.95. The monoisotopic (exact) mass is 319 g/mol. The average Bonchev–Trinajstić information content (AvgIpc) is 2.37. The zero-order valence-electron chi connectivity index (χ0n) is 11.7. The van der Waals surface area contributed by atoms with Crippen molar-refractivity contribution < 1.29 is 0 Å². The molecule has 0 bridgehead atoms. The van der Waals surface area contributed by atoms with Crippen molar-refractivity contribution in [3.63, 3.8) is 0 Å². The number of aryl methyl sites for hydroxylation is 4. The molecule has 2 aromatic rings. The van der Waals surface area contributed by atoms with Gasteiger partial charge in [0.25, 0.3) is 5.56 Å². The fourth-order valence-electron chi connectivity index (χ4n) is 2.36. The van der Waals surface area contributed by atoms with E-state index in [1.54, 1.807) is 11.6 Å². The number of nitrogens with zero attached hydrogens (tertiary/aromatic N) is 1. The topological polar surface area (TPSA) is 22.0 Å². The van der Waals surface area contributed by atoms with E-state index < -0.39 is 0 Å². The molecule has 0 amide bonds. The SMILES string of the molecule is Cc1cc(-c2cc(C)c(=O)n(C)c2)c(C)cc1CBr. The van der Waals surface area contributed by atoms with E-state index in [2.05, 4.69) is 41.9 Å². The minimum absolute atomic E-state index is 0.0650. The van der Waals surface area contributed by atoms with Gasteiger partial charge in [0, 0.05) is 24.1 Å². The first-order valence-electron chi connectivity index (χ1n) is 6.27. The van der Waals surface area contributed by atoms with Gasteiger partial charge in [0.15, 0.2) is 0 Å². The Morgan fingerprint density at radius 1 is 1.05 bits per heavy atom. The maximum atomic E-state index is 11.8. The zero-order chi connectivity index (χ0) is 14.2. The fourth-order valence-corrected chi connectivity index (χ4v) is 2.96. The van der Waals surface area contributed by atoms with E-state index >= 15 is 0 Å².